The molecule has 0 aromatic heterocycles. The van der Waals surface area contributed by atoms with Crippen LogP contribution in [-0.2, 0) is 20.9 Å². The number of esters is 1. The number of thiocarbonyl (C=S) groups is 1. The maximum absolute atomic E-state index is 12.3. The number of carbonyl (C=O) groups excluding carboxylic acids is 2. The Labute approximate surface area is 134 Å². The molecule has 0 saturated carbocycles. The van der Waals surface area contributed by atoms with Gasteiger partial charge < -0.3 is 9.47 Å². The van der Waals surface area contributed by atoms with Crippen molar-refractivity contribution >= 4 is 29.3 Å². The molecule has 1 unspecified atom stereocenters. The third kappa shape index (κ3) is 3.33. The molecule has 1 saturated heterocycles. The summed E-state index contributed by atoms with van der Waals surface area (Å²) < 4.78 is 10.0. The predicted molar refractivity (Wildman–Crippen MR) is 85.2 cm³/mol. The van der Waals surface area contributed by atoms with E-state index < -0.39 is 18.1 Å². The van der Waals surface area contributed by atoms with Crippen LogP contribution in [0, 0.1) is 0 Å². The lowest BCUT2D eigenvalue weighted by Crippen LogP contribution is -2.43. The van der Waals surface area contributed by atoms with Crippen molar-refractivity contribution in [3.05, 3.63) is 47.5 Å². The Bertz CT molecular complexity index is 612. The summed E-state index contributed by atoms with van der Waals surface area (Å²) in [6.07, 6.45) is 1.51. The van der Waals surface area contributed by atoms with E-state index in [1.807, 2.05) is 37.3 Å². The van der Waals surface area contributed by atoms with Crippen LogP contribution in [0.1, 0.15) is 18.9 Å². The molecule has 1 aliphatic rings. The first-order valence-corrected chi connectivity index (χ1v) is 7.26. The van der Waals surface area contributed by atoms with Gasteiger partial charge in [-0.3, -0.25) is 4.90 Å². The summed E-state index contributed by atoms with van der Waals surface area (Å²) in [6, 6.07) is 8.55. The van der Waals surface area contributed by atoms with E-state index in [-0.39, 0.29) is 6.61 Å². The van der Waals surface area contributed by atoms with Gasteiger partial charge in [0.15, 0.2) is 0 Å². The van der Waals surface area contributed by atoms with E-state index in [1.54, 1.807) is 6.08 Å². The highest BCUT2D eigenvalue weighted by Gasteiger charge is 2.42. The molecule has 1 fully saturated rings. The molecule has 1 atom stereocenters. The molecule has 0 N–H and O–H groups in total. The highest BCUT2D eigenvalue weighted by molar-refractivity contribution is 7.80. The van der Waals surface area contributed by atoms with Gasteiger partial charge in [-0.25, -0.2) is 9.59 Å². The highest BCUT2D eigenvalue weighted by atomic mass is 32.1. The molecule has 0 aliphatic carbocycles. The van der Waals surface area contributed by atoms with Gasteiger partial charge in [-0.2, -0.15) is 0 Å². The van der Waals surface area contributed by atoms with E-state index in [4.69, 9.17) is 21.7 Å². The number of ether oxygens (including phenoxy) is 2. The van der Waals surface area contributed by atoms with Crippen molar-refractivity contribution in [1.29, 1.82) is 0 Å². The first kappa shape index (κ1) is 16.2. The van der Waals surface area contributed by atoms with Gasteiger partial charge in [-0.05, 0) is 18.1 Å². The zero-order valence-corrected chi connectivity index (χ0v) is 13.3. The summed E-state index contributed by atoms with van der Waals surface area (Å²) in [6.45, 7) is 1.94. The molecule has 5 nitrogen and oxygen atoms in total. The van der Waals surface area contributed by atoms with E-state index in [0.717, 1.165) is 11.1 Å². The van der Waals surface area contributed by atoms with Crippen LogP contribution < -0.4 is 0 Å². The number of rotatable bonds is 3. The summed E-state index contributed by atoms with van der Waals surface area (Å²) in [5.41, 5.74) is 1.63. The smallest absolute Gasteiger partial charge is 0.416 e. The normalized spacial score (nSPS) is 19.4. The molecule has 1 amide bonds. The zero-order chi connectivity index (χ0) is 16.1. The number of hydrogen-bond acceptors (Lipinski definition) is 5. The van der Waals surface area contributed by atoms with Gasteiger partial charge >= 0.3 is 12.1 Å². The van der Waals surface area contributed by atoms with Crippen LogP contribution in [0.4, 0.5) is 4.79 Å². The Hall–Kier alpha value is -2.21. The fourth-order valence-electron chi connectivity index (χ4n) is 2.25. The van der Waals surface area contributed by atoms with Gasteiger partial charge in [0.25, 0.3) is 0 Å². The molecule has 1 aromatic carbocycles. The molecule has 1 heterocycles. The number of likely N-dealkylation sites (tertiary alicyclic amines) is 1. The molecule has 116 valence electrons. The highest BCUT2D eigenvalue weighted by Crippen LogP contribution is 2.27. The quantitative estimate of drug-likeness (QED) is 0.487. The first-order valence-electron chi connectivity index (χ1n) is 6.85. The van der Waals surface area contributed by atoms with Gasteiger partial charge in [0.1, 0.15) is 17.6 Å². The molecule has 2 rings (SSSR count). The lowest BCUT2D eigenvalue weighted by atomic mass is 10.1. The summed E-state index contributed by atoms with van der Waals surface area (Å²) in [7, 11) is 1.28. The molecule has 1 aromatic rings. The molecule has 0 bridgehead atoms. The second-order valence-electron chi connectivity index (χ2n) is 4.77. The first-order chi connectivity index (χ1) is 10.6. The molecule has 22 heavy (non-hydrogen) atoms. The third-order valence-corrected chi connectivity index (χ3v) is 3.90. The number of hydrogen-bond donors (Lipinski definition) is 0. The van der Waals surface area contributed by atoms with Crippen molar-refractivity contribution in [1.82, 2.24) is 4.90 Å². The van der Waals surface area contributed by atoms with Gasteiger partial charge in [0, 0.05) is 6.42 Å². The standard InChI is InChI=1S/C16H17NO4S/c1-3-12-9-13(15(18)20-2)17(14(12)22)16(19)21-10-11-7-5-4-6-8-11/h3-8,13H,9-10H2,1-2H3/b12-3+. The second-order valence-corrected chi connectivity index (χ2v) is 5.16. The Kier molecular flexibility index (Phi) is 5.27. The molecule has 6 heteroatoms. The predicted octanol–water partition coefficient (Wildman–Crippen LogP) is 2.84. The Morgan fingerprint density at radius 3 is 2.64 bits per heavy atom. The van der Waals surface area contributed by atoms with Gasteiger partial charge in [0.05, 0.1) is 7.11 Å². The number of carbonyl (C=O) groups is 2. The average molecular weight is 319 g/mol. The summed E-state index contributed by atoms with van der Waals surface area (Å²) in [5, 5.41) is 0. The number of nitrogens with zero attached hydrogens (tertiary/aromatic N) is 1. The average Bonchev–Trinajstić information content (AvgIpc) is 2.89. The molecule has 0 spiro atoms. The molecule has 0 radical (unpaired) electrons. The maximum Gasteiger partial charge on any atom is 0.416 e. The van der Waals surface area contributed by atoms with Crippen molar-refractivity contribution in [2.24, 2.45) is 0 Å². The van der Waals surface area contributed by atoms with Crippen LogP contribution in [0.5, 0.6) is 0 Å². The number of allylic oxidation sites excluding steroid dienone is 1. The van der Waals surface area contributed by atoms with Crippen LogP contribution >= 0.6 is 12.2 Å². The summed E-state index contributed by atoms with van der Waals surface area (Å²) in [4.78, 5) is 25.7. The number of methoxy groups -OCH3 is 1. The largest absolute Gasteiger partial charge is 0.467 e. The van der Waals surface area contributed by atoms with E-state index in [9.17, 15) is 9.59 Å². The Balaban J connectivity index is 2.11. The van der Waals surface area contributed by atoms with Crippen LogP contribution in [-0.4, -0.2) is 35.1 Å². The Morgan fingerprint density at radius 2 is 2.05 bits per heavy atom. The second kappa shape index (κ2) is 7.17. The molecule has 1 aliphatic heterocycles. The van der Waals surface area contributed by atoms with Crippen LogP contribution in [0.2, 0.25) is 0 Å². The minimum atomic E-state index is -0.757. The minimum absolute atomic E-state index is 0.123. The van der Waals surface area contributed by atoms with Crippen LogP contribution in [0.15, 0.2) is 42.0 Å². The lowest BCUT2D eigenvalue weighted by molar-refractivity contribution is -0.144. The van der Waals surface area contributed by atoms with Crippen molar-refractivity contribution in [3.63, 3.8) is 0 Å². The SMILES string of the molecule is C/C=C1\CC(C(=O)OC)N(C(=O)OCc2ccccc2)C1=S. The number of benzene rings is 1. The van der Waals surface area contributed by atoms with E-state index in [1.165, 1.54) is 12.0 Å². The van der Waals surface area contributed by atoms with Gasteiger partial charge in [-0.1, -0.05) is 48.6 Å². The van der Waals surface area contributed by atoms with Crippen molar-refractivity contribution in [3.8, 4) is 0 Å². The van der Waals surface area contributed by atoms with Crippen LogP contribution in [0.25, 0.3) is 0 Å². The van der Waals surface area contributed by atoms with Gasteiger partial charge in [-0.15, -0.1) is 0 Å². The van der Waals surface area contributed by atoms with E-state index in [0.29, 0.717) is 11.4 Å². The topological polar surface area (TPSA) is 55.8 Å². The lowest BCUT2D eigenvalue weighted by Gasteiger charge is -2.21. The summed E-state index contributed by atoms with van der Waals surface area (Å²) in [5.74, 6) is -0.504. The van der Waals surface area contributed by atoms with E-state index in [2.05, 4.69) is 0 Å². The fourth-order valence-corrected chi connectivity index (χ4v) is 2.65. The summed E-state index contributed by atoms with van der Waals surface area (Å²) >= 11 is 5.26. The monoisotopic (exact) mass is 319 g/mol. The van der Waals surface area contributed by atoms with E-state index >= 15 is 0 Å². The van der Waals surface area contributed by atoms with Crippen molar-refractivity contribution in [2.45, 2.75) is 26.0 Å². The van der Waals surface area contributed by atoms with Crippen molar-refractivity contribution in [2.75, 3.05) is 7.11 Å². The number of amides is 1. The molecular formula is C16H17NO4S. The minimum Gasteiger partial charge on any atom is -0.467 e. The third-order valence-electron chi connectivity index (χ3n) is 3.44. The van der Waals surface area contributed by atoms with Gasteiger partial charge in [0.2, 0.25) is 0 Å². The Morgan fingerprint density at radius 1 is 1.36 bits per heavy atom. The maximum atomic E-state index is 12.3. The molecular weight excluding hydrogens is 302 g/mol. The zero-order valence-electron chi connectivity index (χ0n) is 12.4. The van der Waals surface area contributed by atoms with Crippen LogP contribution in [0.3, 0.4) is 0 Å². The van der Waals surface area contributed by atoms with Crippen molar-refractivity contribution < 1.29 is 19.1 Å². The fraction of sp³-hybridized carbons (Fsp3) is 0.312.